The highest BCUT2D eigenvalue weighted by Gasteiger charge is 2.42. The van der Waals surface area contributed by atoms with Crippen LogP contribution in [0, 0.1) is 6.92 Å². The first kappa shape index (κ1) is 20.7. The van der Waals surface area contributed by atoms with E-state index in [2.05, 4.69) is 4.90 Å². The summed E-state index contributed by atoms with van der Waals surface area (Å²) in [6, 6.07) is 15.3. The van der Waals surface area contributed by atoms with Gasteiger partial charge in [-0.1, -0.05) is 41.4 Å². The second-order valence-corrected chi connectivity index (χ2v) is 8.32. The van der Waals surface area contributed by atoms with Crippen LogP contribution < -0.4 is 4.90 Å². The molecular weight excluding hydrogens is 402 g/mol. The molecule has 0 bridgehead atoms. The van der Waals surface area contributed by atoms with Gasteiger partial charge in [-0.25, -0.2) is 0 Å². The number of hydrogen-bond donors (Lipinski definition) is 0. The van der Waals surface area contributed by atoms with Crippen molar-refractivity contribution in [1.29, 1.82) is 0 Å². The van der Waals surface area contributed by atoms with E-state index >= 15 is 0 Å². The van der Waals surface area contributed by atoms with Crippen molar-refractivity contribution in [2.45, 2.75) is 19.1 Å². The van der Waals surface area contributed by atoms with Gasteiger partial charge in [0.2, 0.25) is 5.91 Å². The molecule has 2 unspecified atom stereocenters. The number of halogens is 1. The molecular formula is C23H26ClN3O3. The molecule has 0 spiro atoms. The Morgan fingerprint density at radius 1 is 1.00 bits per heavy atom. The molecule has 0 aromatic heterocycles. The van der Waals surface area contributed by atoms with Gasteiger partial charge >= 0.3 is 0 Å². The highest BCUT2D eigenvalue weighted by molar-refractivity contribution is 6.30. The van der Waals surface area contributed by atoms with Gasteiger partial charge in [0.25, 0.3) is 5.91 Å². The molecule has 0 saturated carbocycles. The molecule has 2 amide bonds. The summed E-state index contributed by atoms with van der Waals surface area (Å²) < 4.78 is 5.79. The fraction of sp³-hybridized carbons (Fsp3) is 0.391. The SMILES string of the molecule is Cc1ccc(C2C(C(=O)N3CCN(c4ccc(Cl)cc4)CC3)OCC(=O)N2C)cc1. The van der Waals surface area contributed by atoms with Gasteiger partial charge in [-0.2, -0.15) is 0 Å². The molecule has 2 fully saturated rings. The number of amides is 2. The summed E-state index contributed by atoms with van der Waals surface area (Å²) in [7, 11) is 1.74. The smallest absolute Gasteiger partial charge is 0.254 e. The average Bonchev–Trinajstić information content (AvgIpc) is 2.76. The largest absolute Gasteiger partial charge is 0.368 e. The van der Waals surface area contributed by atoms with Crippen LogP contribution in [-0.4, -0.2) is 67.6 Å². The number of piperazine rings is 1. The summed E-state index contributed by atoms with van der Waals surface area (Å²) in [6.45, 7) is 4.64. The summed E-state index contributed by atoms with van der Waals surface area (Å²) in [4.78, 5) is 31.4. The monoisotopic (exact) mass is 427 g/mol. The third kappa shape index (κ3) is 4.16. The number of hydrogen-bond acceptors (Lipinski definition) is 4. The molecule has 2 atom stereocenters. The van der Waals surface area contributed by atoms with Gasteiger partial charge in [-0.3, -0.25) is 9.59 Å². The van der Waals surface area contributed by atoms with E-state index in [-0.39, 0.29) is 18.4 Å². The van der Waals surface area contributed by atoms with Crippen molar-refractivity contribution in [3.05, 3.63) is 64.7 Å². The number of carbonyl (C=O) groups excluding carboxylic acids is 2. The van der Waals surface area contributed by atoms with Crippen LogP contribution in [0.1, 0.15) is 17.2 Å². The predicted molar refractivity (Wildman–Crippen MR) is 117 cm³/mol. The number of ether oxygens (including phenoxy) is 1. The zero-order valence-electron chi connectivity index (χ0n) is 17.3. The standard InChI is InChI=1S/C23H26ClN3O3/c1-16-3-5-17(6-4-16)21-22(30-15-20(28)25(21)2)23(29)27-13-11-26(12-14-27)19-9-7-18(24)8-10-19/h3-10,21-22H,11-15H2,1-2H3. The topological polar surface area (TPSA) is 53.1 Å². The number of anilines is 1. The zero-order valence-corrected chi connectivity index (χ0v) is 18.0. The summed E-state index contributed by atoms with van der Waals surface area (Å²) in [5, 5.41) is 0.711. The molecule has 6 nitrogen and oxygen atoms in total. The molecule has 7 heteroatoms. The van der Waals surface area contributed by atoms with Crippen LogP contribution in [0.25, 0.3) is 0 Å². The molecule has 2 aliphatic heterocycles. The fourth-order valence-electron chi connectivity index (χ4n) is 4.10. The summed E-state index contributed by atoms with van der Waals surface area (Å²) in [6.07, 6.45) is -0.697. The predicted octanol–water partition coefficient (Wildman–Crippen LogP) is 2.90. The number of rotatable bonds is 3. The number of morpholine rings is 1. The van der Waals surface area contributed by atoms with Crippen molar-refractivity contribution in [3.8, 4) is 0 Å². The number of nitrogens with zero attached hydrogens (tertiary/aromatic N) is 3. The van der Waals surface area contributed by atoms with Crippen molar-refractivity contribution < 1.29 is 14.3 Å². The third-order valence-electron chi connectivity index (χ3n) is 5.93. The first-order valence-electron chi connectivity index (χ1n) is 10.2. The van der Waals surface area contributed by atoms with Crippen molar-refractivity contribution in [3.63, 3.8) is 0 Å². The molecule has 0 N–H and O–H groups in total. The molecule has 2 heterocycles. The van der Waals surface area contributed by atoms with Gasteiger partial charge < -0.3 is 19.4 Å². The molecule has 158 valence electrons. The molecule has 2 aliphatic rings. The Labute approximate surface area is 182 Å². The van der Waals surface area contributed by atoms with Crippen molar-refractivity contribution in [2.75, 3.05) is 44.7 Å². The maximum atomic E-state index is 13.4. The van der Waals surface area contributed by atoms with Crippen LogP contribution in [0.4, 0.5) is 5.69 Å². The van der Waals surface area contributed by atoms with E-state index < -0.39 is 12.1 Å². The molecule has 2 aromatic carbocycles. The highest BCUT2D eigenvalue weighted by atomic mass is 35.5. The Morgan fingerprint density at radius 3 is 2.27 bits per heavy atom. The molecule has 4 rings (SSSR count). The van der Waals surface area contributed by atoms with Gasteiger partial charge in [-0.15, -0.1) is 0 Å². The number of likely N-dealkylation sites (N-methyl/N-ethyl adjacent to an activating group) is 1. The van der Waals surface area contributed by atoms with E-state index in [1.54, 1.807) is 11.9 Å². The van der Waals surface area contributed by atoms with Crippen LogP contribution in [0.3, 0.4) is 0 Å². The highest BCUT2D eigenvalue weighted by Crippen LogP contribution is 2.31. The van der Waals surface area contributed by atoms with Gasteiger partial charge in [0.05, 0.1) is 6.04 Å². The molecule has 2 aromatic rings. The van der Waals surface area contributed by atoms with E-state index in [1.807, 2.05) is 60.4 Å². The van der Waals surface area contributed by atoms with Gasteiger partial charge in [0.15, 0.2) is 6.10 Å². The number of benzene rings is 2. The second kappa shape index (κ2) is 8.66. The van der Waals surface area contributed by atoms with Crippen LogP contribution in [-0.2, 0) is 14.3 Å². The van der Waals surface area contributed by atoms with Crippen LogP contribution in [0.5, 0.6) is 0 Å². The summed E-state index contributed by atoms with van der Waals surface area (Å²) in [5.74, 6) is -0.173. The van der Waals surface area contributed by atoms with E-state index in [0.717, 1.165) is 29.9 Å². The van der Waals surface area contributed by atoms with Gasteiger partial charge in [0, 0.05) is 43.9 Å². The Balaban J connectivity index is 1.48. The van der Waals surface area contributed by atoms with Crippen LogP contribution >= 0.6 is 11.6 Å². The first-order chi connectivity index (χ1) is 14.4. The van der Waals surface area contributed by atoms with Gasteiger partial charge in [0.1, 0.15) is 6.61 Å². The Morgan fingerprint density at radius 2 is 1.63 bits per heavy atom. The van der Waals surface area contributed by atoms with E-state index in [9.17, 15) is 9.59 Å². The molecule has 30 heavy (non-hydrogen) atoms. The lowest BCUT2D eigenvalue weighted by Crippen LogP contribution is -2.57. The quantitative estimate of drug-likeness (QED) is 0.755. The second-order valence-electron chi connectivity index (χ2n) is 7.88. The van der Waals surface area contributed by atoms with Crippen LogP contribution in [0.15, 0.2) is 48.5 Å². The Hall–Kier alpha value is -2.57. The number of aryl methyl sites for hydroxylation is 1. The summed E-state index contributed by atoms with van der Waals surface area (Å²) in [5.41, 5.74) is 3.14. The Bertz CT molecular complexity index is 908. The lowest BCUT2D eigenvalue weighted by atomic mass is 9.96. The van der Waals surface area contributed by atoms with E-state index in [0.29, 0.717) is 18.1 Å². The third-order valence-corrected chi connectivity index (χ3v) is 6.18. The minimum atomic E-state index is -0.697. The van der Waals surface area contributed by atoms with Crippen molar-refractivity contribution >= 4 is 29.1 Å². The number of carbonyl (C=O) groups is 2. The molecule has 2 saturated heterocycles. The minimum absolute atomic E-state index is 0.0596. The van der Waals surface area contributed by atoms with Crippen molar-refractivity contribution in [1.82, 2.24) is 9.80 Å². The average molecular weight is 428 g/mol. The van der Waals surface area contributed by atoms with Crippen molar-refractivity contribution in [2.24, 2.45) is 0 Å². The van der Waals surface area contributed by atoms with Gasteiger partial charge in [-0.05, 0) is 36.8 Å². The Kier molecular flexibility index (Phi) is 5.97. The minimum Gasteiger partial charge on any atom is -0.368 e. The molecule has 0 radical (unpaired) electrons. The normalized spacial score (nSPS) is 22.4. The fourth-order valence-corrected chi connectivity index (χ4v) is 4.22. The maximum absolute atomic E-state index is 13.4. The lowest BCUT2D eigenvalue weighted by molar-refractivity contribution is -0.167. The summed E-state index contributed by atoms with van der Waals surface area (Å²) >= 11 is 5.98. The van der Waals surface area contributed by atoms with E-state index in [1.165, 1.54) is 0 Å². The lowest BCUT2D eigenvalue weighted by Gasteiger charge is -2.42. The molecule has 0 aliphatic carbocycles. The van der Waals surface area contributed by atoms with E-state index in [4.69, 9.17) is 16.3 Å². The van der Waals surface area contributed by atoms with Crippen LogP contribution in [0.2, 0.25) is 5.02 Å². The maximum Gasteiger partial charge on any atom is 0.254 e. The first-order valence-corrected chi connectivity index (χ1v) is 10.5. The zero-order chi connectivity index (χ0) is 21.3.